The minimum atomic E-state index is 0.188. The molecule has 0 saturated heterocycles. The van der Waals surface area contributed by atoms with Crippen LogP contribution in [0.25, 0.3) is 0 Å². The summed E-state index contributed by atoms with van der Waals surface area (Å²) in [5, 5.41) is 5.13. The van der Waals surface area contributed by atoms with E-state index in [2.05, 4.69) is 29.6 Å². The lowest BCUT2D eigenvalue weighted by Gasteiger charge is -2.38. The van der Waals surface area contributed by atoms with Crippen LogP contribution in [0, 0.1) is 5.92 Å². The predicted octanol–water partition coefficient (Wildman–Crippen LogP) is 5.83. The van der Waals surface area contributed by atoms with E-state index in [0.29, 0.717) is 11.8 Å². The van der Waals surface area contributed by atoms with E-state index in [4.69, 9.17) is 27.9 Å². The summed E-state index contributed by atoms with van der Waals surface area (Å²) in [6.45, 7) is 0. The normalized spacial score (nSPS) is 24.7. The van der Waals surface area contributed by atoms with Crippen LogP contribution < -0.4 is 10.1 Å². The van der Waals surface area contributed by atoms with E-state index in [1.165, 1.54) is 5.56 Å². The van der Waals surface area contributed by atoms with Crippen LogP contribution in [0.1, 0.15) is 29.5 Å². The molecule has 4 rings (SSSR count). The predicted molar refractivity (Wildman–Crippen MR) is 95.8 cm³/mol. The fourth-order valence-electron chi connectivity index (χ4n) is 3.79. The number of methoxy groups -OCH3 is 1. The Kier molecular flexibility index (Phi) is 3.74. The molecule has 1 aliphatic carbocycles. The molecule has 3 atom stereocenters. The lowest BCUT2D eigenvalue weighted by atomic mass is 9.77. The first-order valence-corrected chi connectivity index (χ1v) is 8.49. The van der Waals surface area contributed by atoms with E-state index in [1.54, 1.807) is 7.11 Å². The first-order chi connectivity index (χ1) is 11.2. The summed E-state index contributed by atoms with van der Waals surface area (Å²) in [5.74, 6) is 1.61. The standard InChI is InChI=1S/C19H17Cl2NO/c1-23-12-5-2-4-11(10-12)18-14-7-3-6-13(14)17-15(20)8-9-16(21)19(17)22-18/h2-6,8-10,13-14,18,22H,7H2,1H3/t13-,14-,18-/m0/s1. The second-order valence-corrected chi connectivity index (χ2v) is 6.88. The Bertz CT molecular complexity index is 787. The van der Waals surface area contributed by atoms with Gasteiger partial charge in [0.05, 0.1) is 23.9 Å². The molecule has 0 radical (unpaired) electrons. The zero-order valence-electron chi connectivity index (χ0n) is 12.7. The Morgan fingerprint density at radius 1 is 1.13 bits per heavy atom. The molecule has 2 aromatic rings. The summed E-state index contributed by atoms with van der Waals surface area (Å²) in [4.78, 5) is 0. The molecule has 0 amide bonds. The smallest absolute Gasteiger partial charge is 0.119 e. The summed E-state index contributed by atoms with van der Waals surface area (Å²) in [6.07, 6.45) is 5.54. The van der Waals surface area contributed by atoms with E-state index in [-0.39, 0.29) is 6.04 Å². The van der Waals surface area contributed by atoms with Gasteiger partial charge < -0.3 is 10.1 Å². The zero-order valence-corrected chi connectivity index (χ0v) is 14.2. The molecule has 0 spiro atoms. The molecule has 2 nitrogen and oxygen atoms in total. The average Bonchev–Trinajstić information content (AvgIpc) is 3.06. The van der Waals surface area contributed by atoms with E-state index >= 15 is 0 Å². The Hall–Kier alpha value is -1.64. The molecule has 2 aromatic carbocycles. The molecule has 0 fully saturated rings. The van der Waals surface area contributed by atoms with E-state index in [0.717, 1.165) is 33.5 Å². The number of benzene rings is 2. The molecule has 1 N–H and O–H groups in total. The van der Waals surface area contributed by atoms with Crippen molar-refractivity contribution in [3.8, 4) is 5.75 Å². The van der Waals surface area contributed by atoms with Crippen molar-refractivity contribution in [1.29, 1.82) is 0 Å². The first-order valence-electron chi connectivity index (χ1n) is 7.74. The molecule has 1 heterocycles. The van der Waals surface area contributed by atoms with Crippen molar-refractivity contribution in [1.82, 2.24) is 0 Å². The van der Waals surface area contributed by atoms with Gasteiger partial charge in [-0.25, -0.2) is 0 Å². The van der Waals surface area contributed by atoms with Crippen molar-refractivity contribution in [2.24, 2.45) is 5.92 Å². The summed E-state index contributed by atoms with van der Waals surface area (Å²) < 4.78 is 5.38. The first kappa shape index (κ1) is 14.9. The van der Waals surface area contributed by atoms with Crippen molar-refractivity contribution in [2.45, 2.75) is 18.4 Å². The van der Waals surface area contributed by atoms with Crippen molar-refractivity contribution < 1.29 is 4.74 Å². The molecule has 2 aliphatic rings. The second-order valence-electron chi connectivity index (χ2n) is 6.07. The van der Waals surface area contributed by atoms with Gasteiger partial charge in [0.2, 0.25) is 0 Å². The number of anilines is 1. The van der Waals surface area contributed by atoms with Gasteiger partial charge in [-0.2, -0.15) is 0 Å². The van der Waals surface area contributed by atoms with Crippen molar-refractivity contribution in [3.05, 3.63) is 69.7 Å². The molecule has 23 heavy (non-hydrogen) atoms. The Morgan fingerprint density at radius 3 is 2.78 bits per heavy atom. The molecule has 0 bridgehead atoms. The van der Waals surface area contributed by atoms with Crippen LogP contribution in [0.3, 0.4) is 0 Å². The van der Waals surface area contributed by atoms with Gasteiger partial charge in [0, 0.05) is 16.5 Å². The lowest BCUT2D eigenvalue weighted by molar-refractivity contribution is 0.406. The maximum atomic E-state index is 6.47. The molecule has 1 aliphatic heterocycles. The van der Waals surface area contributed by atoms with Gasteiger partial charge in [-0.1, -0.05) is 47.5 Å². The number of fused-ring (bicyclic) bond motifs is 3. The van der Waals surface area contributed by atoms with Gasteiger partial charge in [0.1, 0.15) is 5.75 Å². The molecule has 0 aromatic heterocycles. The minimum Gasteiger partial charge on any atom is -0.497 e. The minimum absolute atomic E-state index is 0.188. The van der Waals surface area contributed by atoms with Crippen LogP contribution >= 0.6 is 23.2 Å². The Labute approximate surface area is 146 Å². The van der Waals surface area contributed by atoms with Crippen molar-refractivity contribution in [3.63, 3.8) is 0 Å². The zero-order chi connectivity index (χ0) is 16.0. The highest BCUT2D eigenvalue weighted by Crippen LogP contribution is 2.53. The van der Waals surface area contributed by atoms with Crippen LogP contribution in [-0.4, -0.2) is 7.11 Å². The maximum Gasteiger partial charge on any atom is 0.119 e. The Morgan fingerprint density at radius 2 is 1.96 bits per heavy atom. The number of allylic oxidation sites excluding steroid dienone is 2. The molecule has 0 unspecified atom stereocenters. The van der Waals surface area contributed by atoms with E-state index < -0.39 is 0 Å². The van der Waals surface area contributed by atoms with Crippen LogP contribution in [0.5, 0.6) is 5.75 Å². The molecule has 0 saturated carbocycles. The highest BCUT2D eigenvalue weighted by molar-refractivity contribution is 6.36. The number of hydrogen-bond acceptors (Lipinski definition) is 2. The quantitative estimate of drug-likeness (QED) is 0.691. The molecule has 4 heteroatoms. The van der Waals surface area contributed by atoms with Crippen LogP contribution in [0.2, 0.25) is 10.0 Å². The summed E-state index contributed by atoms with van der Waals surface area (Å²) >= 11 is 12.9. The number of nitrogens with one attached hydrogen (secondary N) is 1. The number of ether oxygens (including phenoxy) is 1. The third-order valence-electron chi connectivity index (χ3n) is 4.87. The van der Waals surface area contributed by atoms with Crippen molar-refractivity contribution >= 4 is 28.9 Å². The van der Waals surface area contributed by atoms with Crippen molar-refractivity contribution in [2.75, 3.05) is 12.4 Å². The van der Waals surface area contributed by atoms with Crippen LogP contribution in [-0.2, 0) is 0 Å². The topological polar surface area (TPSA) is 21.3 Å². The van der Waals surface area contributed by atoms with E-state index in [9.17, 15) is 0 Å². The average molecular weight is 346 g/mol. The molecule has 118 valence electrons. The highest BCUT2D eigenvalue weighted by atomic mass is 35.5. The number of halogens is 2. The summed E-state index contributed by atoms with van der Waals surface area (Å²) in [6, 6.07) is 12.2. The number of hydrogen-bond donors (Lipinski definition) is 1. The van der Waals surface area contributed by atoms with Gasteiger partial charge in [0.15, 0.2) is 0 Å². The summed E-state index contributed by atoms with van der Waals surface area (Å²) in [5.41, 5.74) is 3.29. The van der Waals surface area contributed by atoms with Gasteiger partial charge in [0.25, 0.3) is 0 Å². The van der Waals surface area contributed by atoms with Gasteiger partial charge in [-0.3, -0.25) is 0 Å². The Balaban J connectivity index is 1.83. The summed E-state index contributed by atoms with van der Waals surface area (Å²) in [7, 11) is 1.69. The SMILES string of the molecule is COc1cccc([C@@H]2Nc3c(Cl)ccc(Cl)c3[C@H]3C=CC[C@@H]32)c1. The van der Waals surface area contributed by atoms with Crippen LogP contribution in [0.15, 0.2) is 48.6 Å². The fraction of sp³-hybridized carbons (Fsp3) is 0.263. The second kappa shape index (κ2) is 5.77. The third-order valence-corrected chi connectivity index (χ3v) is 5.51. The largest absolute Gasteiger partial charge is 0.497 e. The van der Waals surface area contributed by atoms with Gasteiger partial charge >= 0.3 is 0 Å². The molecular weight excluding hydrogens is 329 g/mol. The van der Waals surface area contributed by atoms with Gasteiger partial charge in [-0.15, -0.1) is 0 Å². The fourth-order valence-corrected chi connectivity index (χ4v) is 4.30. The monoisotopic (exact) mass is 345 g/mol. The lowest BCUT2D eigenvalue weighted by Crippen LogP contribution is -2.29. The third kappa shape index (κ3) is 2.41. The van der Waals surface area contributed by atoms with Gasteiger partial charge in [-0.05, 0) is 42.2 Å². The highest BCUT2D eigenvalue weighted by Gasteiger charge is 2.39. The van der Waals surface area contributed by atoms with E-state index in [1.807, 2.05) is 24.3 Å². The molecular formula is C19H17Cl2NO. The maximum absolute atomic E-state index is 6.47. The van der Waals surface area contributed by atoms with Crippen LogP contribution in [0.4, 0.5) is 5.69 Å². The number of rotatable bonds is 2.